The van der Waals surface area contributed by atoms with Gasteiger partial charge >= 0.3 is 11.4 Å². The lowest BCUT2D eigenvalue weighted by Crippen LogP contribution is -2.57. The molecule has 6 rings (SSSR count). The van der Waals surface area contributed by atoms with Crippen LogP contribution in [0.15, 0.2) is 77.6 Å². The minimum Gasteiger partial charge on any atom is -0.418 e. The highest BCUT2D eigenvalue weighted by atomic mass is 16.5. The molecule has 0 bridgehead atoms. The third kappa shape index (κ3) is 2.11. The van der Waals surface area contributed by atoms with Crippen LogP contribution >= 0.6 is 0 Å². The number of hydrogen-bond acceptors (Lipinski definition) is 2. The van der Waals surface area contributed by atoms with Crippen LogP contribution in [0.1, 0.15) is 35.1 Å². The quantitative estimate of drug-likeness (QED) is 0.516. The van der Waals surface area contributed by atoms with Crippen molar-refractivity contribution >= 4 is 10.8 Å². The fraction of sp³-hybridized carbons (Fsp3) is 0.231. The van der Waals surface area contributed by atoms with Crippen molar-refractivity contribution in [2.45, 2.75) is 37.8 Å². The van der Waals surface area contributed by atoms with Crippen LogP contribution in [0.3, 0.4) is 0 Å². The van der Waals surface area contributed by atoms with E-state index in [4.69, 9.17) is 4.74 Å². The lowest BCUT2D eigenvalue weighted by atomic mass is 9.78. The van der Waals surface area contributed by atoms with E-state index in [-0.39, 0.29) is 11.1 Å². The van der Waals surface area contributed by atoms with Gasteiger partial charge in [-0.1, -0.05) is 76.5 Å². The largest absolute Gasteiger partial charge is 0.418 e. The summed E-state index contributed by atoms with van der Waals surface area (Å²) in [6.07, 6.45) is 1.89. The standard InChI is InChI=1S/C26H22N2O2/c1-17-7-11-19(12-8-17)26(20-13-9-18(2)10-14-20)25(15-16-25)28-24(30-26)22-6-4-3-5-21(22)23(29)27-28/h3-14H,15-16H2,1-2H3/p+1. The number of hydrogen-bond donors (Lipinski definition) is 1. The van der Waals surface area contributed by atoms with Crippen LogP contribution in [0, 0.1) is 13.8 Å². The van der Waals surface area contributed by atoms with Gasteiger partial charge in [-0.3, -0.25) is 4.79 Å². The van der Waals surface area contributed by atoms with Crippen molar-refractivity contribution in [1.82, 2.24) is 5.10 Å². The molecule has 4 nitrogen and oxygen atoms in total. The third-order valence-corrected chi connectivity index (χ3v) is 6.79. The van der Waals surface area contributed by atoms with E-state index in [1.807, 2.05) is 28.9 Å². The van der Waals surface area contributed by atoms with Gasteiger partial charge < -0.3 is 4.74 Å². The Bertz CT molecular complexity index is 1300. The third-order valence-electron chi connectivity index (χ3n) is 6.79. The fourth-order valence-corrected chi connectivity index (χ4v) is 5.09. The molecule has 1 aliphatic heterocycles. The van der Waals surface area contributed by atoms with Gasteiger partial charge in [-0.2, -0.15) is 0 Å². The first-order valence-corrected chi connectivity index (χ1v) is 10.5. The maximum atomic E-state index is 12.9. The van der Waals surface area contributed by atoms with Gasteiger partial charge in [-0.05, 0) is 26.0 Å². The maximum absolute atomic E-state index is 12.9. The predicted molar refractivity (Wildman–Crippen MR) is 116 cm³/mol. The number of ether oxygens (including phenoxy) is 1. The number of benzene rings is 3. The number of aromatic nitrogens is 2. The SMILES string of the molecule is Cc1ccc(C2(c3ccc(C)cc3)Oc3c4ccccc4c(=O)[nH][n+]3C23CC3)cc1. The Kier molecular flexibility index (Phi) is 3.39. The Morgan fingerprint density at radius 1 is 0.800 bits per heavy atom. The summed E-state index contributed by atoms with van der Waals surface area (Å²) in [4.78, 5) is 12.9. The Balaban J connectivity index is 1.70. The fourth-order valence-electron chi connectivity index (χ4n) is 5.09. The monoisotopic (exact) mass is 395 g/mol. The zero-order valence-electron chi connectivity index (χ0n) is 17.1. The van der Waals surface area contributed by atoms with E-state index in [1.54, 1.807) is 0 Å². The van der Waals surface area contributed by atoms with Crippen molar-refractivity contribution in [3.05, 3.63) is 105 Å². The van der Waals surface area contributed by atoms with Crippen LogP contribution in [0.5, 0.6) is 5.88 Å². The Labute approximate surface area is 174 Å². The molecule has 0 unspecified atom stereocenters. The van der Waals surface area contributed by atoms with E-state index >= 15 is 0 Å². The number of nitrogens with one attached hydrogen (secondary N) is 1. The molecule has 0 saturated heterocycles. The van der Waals surface area contributed by atoms with Crippen LogP contribution in [-0.2, 0) is 11.1 Å². The van der Waals surface area contributed by atoms with E-state index in [9.17, 15) is 4.79 Å². The first-order chi connectivity index (χ1) is 14.5. The van der Waals surface area contributed by atoms with Crippen molar-refractivity contribution in [2.75, 3.05) is 0 Å². The molecule has 1 saturated carbocycles. The smallest absolute Gasteiger partial charge is 0.402 e. The molecule has 1 spiro atoms. The molecule has 1 aromatic heterocycles. The molecule has 148 valence electrons. The van der Waals surface area contributed by atoms with Gasteiger partial charge in [0, 0.05) is 24.0 Å². The molecule has 3 aromatic carbocycles. The van der Waals surface area contributed by atoms with Gasteiger partial charge in [0.15, 0.2) is 0 Å². The van der Waals surface area contributed by atoms with E-state index < -0.39 is 5.60 Å². The van der Waals surface area contributed by atoms with E-state index in [0.29, 0.717) is 5.39 Å². The lowest BCUT2D eigenvalue weighted by Gasteiger charge is -2.31. The molecule has 2 aliphatic rings. The molecule has 0 amide bonds. The molecule has 1 N–H and O–H groups in total. The first kappa shape index (κ1) is 17.5. The normalized spacial score (nSPS) is 17.7. The van der Waals surface area contributed by atoms with Crippen LogP contribution in [0.4, 0.5) is 0 Å². The van der Waals surface area contributed by atoms with Crippen LogP contribution < -0.4 is 15.0 Å². The van der Waals surface area contributed by atoms with Crippen molar-refractivity contribution in [1.29, 1.82) is 0 Å². The van der Waals surface area contributed by atoms with Crippen molar-refractivity contribution in [2.24, 2.45) is 0 Å². The molecule has 1 aliphatic carbocycles. The Morgan fingerprint density at radius 3 is 1.87 bits per heavy atom. The van der Waals surface area contributed by atoms with Gasteiger partial charge in [0.1, 0.15) is 5.39 Å². The molecular weight excluding hydrogens is 372 g/mol. The summed E-state index contributed by atoms with van der Waals surface area (Å²) >= 11 is 0. The van der Waals surface area contributed by atoms with Gasteiger partial charge in [-0.25, -0.2) is 0 Å². The molecule has 1 fully saturated rings. The molecule has 0 radical (unpaired) electrons. The van der Waals surface area contributed by atoms with E-state index in [2.05, 4.69) is 67.5 Å². The van der Waals surface area contributed by atoms with Crippen LogP contribution in [-0.4, -0.2) is 5.10 Å². The number of rotatable bonds is 2. The van der Waals surface area contributed by atoms with Gasteiger partial charge in [-0.15, -0.1) is 5.10 Å². The van der Waals surface area contributed by atoms with E-state index in [0.717, 1.165) is 35.2 Å². The lowest BCUT2D eigenvalue weighted by molar-refractivity contribution is -0.781. The molecule has 4 aromatic rings. The minimum atomic E-state index is -0.686. The molecule has 4 heteroatoms. The topological polar surface area (TPSA) is 46.0 Å². The van der Waals surface area contributed by atoms with Crippen molar-refractivity contribution < 1.29 is 9.42 Å². The van der Waals surface area contributed by atoms with Gasteiger partial charge in [0.25, 0.3) is 0 Å². The highest BCUT2D eigenvalue weighted by Gasteiger charge is 2.77. The second-order valence-corrected chi connectivity index (χ2v) is 8.67. The summed E-state index contributed by atoms with van der Waals surface area (Å²) < 4.78 is 9.00. The van der Waals surface area contributed by atoms with Crippen LogP contribution in [0.2, 0.25) is 0 Å². The molecule has 2 heterocycles. The number of aryl methyl sites for hydroxylation is 2. The first-order valence-electron chi connectivity index (χ1n) is 10.5. The number of fused-ring (bicyclic) bond motifs is 4. The van der Waals surface area contributed by atoms with Crippen molar-refractivity contribution in [3.63, 3.8) is 0 Å². The number of nitrogens with zero attached hydrogens (tertiary/aromatic N) is 1. The summed E-state index contributed by atoms with van der Waals surface area (Å²) in [5.41, 5.74) is 3.55. The highest BCUT2D eigenvalue weighted by molar-refractivity contribution is 5.85. The predicted octanol–water partition coefficient (Wildman–Crippen LogP) is 4.26. The van der Waals surface area contributed by atoms with Crippen LogP contribution in [0.25, 0.3) is 10.8 Å². The molecule has 30 heavy (non-hydrogen) atoms. The average molecular weight is 395 g/mol. The summed E-state index contributed by atoms with van der Waals surface area (Å²) in [6.45, 7) is 4.19. The molecule has 0 atom stereocenters. The average Bonchev–Trinajstić information content (AvgIpc) is 3.51. The maximum Gasteiger partial charge on any atom is 0.402 e. The number of aromatic amines is 1. The summed E-state index contributed by atoms with van der Waals surface area (Å²) in [6, 6.07) is 24.9. The molecular formula is C26H23N2O2+. The Hall–Kier alpha value is -3.40. The van der Waals surface area contributed by atoms with Gasteiger partial charge in [0.2, 0.25) is 11.1 Å². The zero-order chi connectivity index (χ0) is 20.5. The summed E-state index contributed by atoms with van der Waals surface area (Å²) in [5, 5.41) is 4.65. The van der Waals surface area contributed by atoms with E-state index in [1.165, 1.54) is 11.1 Å². The summed E-state index contributed by atoms with van der Waals surface area (Å²) in [7, 11) is 0. The second-order valence-electron chi connectivity index (χ2n) is 8.67. The summed E-state index contributed by atoms with van der Waals surface area (Å²) in [5.74, 6) is 0.740. The highest BCUT2D eigenvalue weighted by Crippen LogP contribution is 2.61. The minimum absolute atomic E-state index is 0.0761. The van der Waals surface area contributed by atoms with Crippen molar-refractivity contribution in [3.8, 4) is 5.88 Å². The van der Waals surface area contributed by atoms with Gasteiger partial charge in [0.05, 0.1) is 5.39 Å². The number of H-pyrrole nitrogens is 1. The Morgan fingerprint density at radius 2 is 1.33 bits per heavy atom. The second kappa shape index (κ2) is 5.82. The zero-order valence-corrected chi connectivity index (χ0v) is 17.1.